The maximum Gasteiger partial charge on any atom is 0.0713 e. The molecule has 0 bridgehead atoms. The lowest BCUT2D eigenvalue weighted by molar-refractivity contribution is 0.184. The summed E-state index contributed by atoms with van der Waals surface area (Å²) < 4.78 is 5.21. The lowest BCUT2D eigenvalue weighted by Gasteiger charge is -2.24. The normalized spacial score (nSPS) is 30.7. The number of rotatable bonds is 4. The van der Waals surface area contributed by atoms with Crippen LogP contribution >= 0.6 is 0 Å². The summed E-state index contributed by atoms with van der Waals surface area (Å²) in [7, 11) is 1.75. The molecule has 0 aromatic heterocycles. The van der Waals surface area contributed by atoms with E-state index < -0.39 is 0 Å². The molecule has 3 rings (SSSR count). The molecule has 1 aromatic carbocycles. The van der Waals surface area contributed by atoms with Gasteiger partial charge in [0, 0.05) is 26.2 Å². The van der Waals surface area contributed by atoms with E-state index in [-0.39, 0.29) is 0 Å². The Bertz CT molecular complexity index is 435. The van der Waals surface area contributed by atoms with Gasteiger partial charge in [-0.3, -0.25) is 4.90 Å². The Balaban J connectivity index is 1.66. The smallest absolute Gasteiger partial charge is 0.0713 e. The van der Waals surface area contributed by atoms with E-state index in [0.717, 1.165) is 18.4 Å². The van der Waals surface area contributed by atoms with Crippen molar-refractivity contribution in [1.82, 2.24) is 10.2 Å². The summed E-state index contributed by atoms with van der Waals surface area (Å²) >= 11 is 0. The molecule has 0 spiro atoms. The third-order valence-electron chi connectivity index (χ3n) is 4.74. The molecule has 19 heavy (non-hydrogen) atoms. The number of nitrogens with one attached hydrogen (secondary N) is 1. The summed E-state index contributed by atoms with van der Waals surface area (Å²) in [6.45, 7) is 7.82. The molecule has 2 heterocycles. The molecule has 2 fully saturated rings. The van der Waals surface area contributed by atoms with E-state index in [1.165, 1.54) is 30.8 Å². The van der Waals surface area contributed by atoms with Gasteiger partial charge in [0.15, 0.2) is 0 Å². The second kappa shape index (κ2) is 5.61. The third kappa shape index (κ3) is 2.69. The standard InChI is InChI=1S/C16H24N2O/c1-12-16-8-17-7-15(16)10-18(12)9-13-4-3-5-14(6-13)11-19-2/h3-6,12,15-17H,7-11H2,1-2H3. The number of benzene rings is 1. The number of fused-ring (bicyclic) bond motifs is 1. The van der Waals surface area contributed by atoms with Crippen LogP contribution in [0, 0.1) is 11.8 Å². The fourth-order valence-corrected chi connectivity index (χ4v) is 3.68. The van der Waals surface area contributed by atoms with Crippen LogP contribution in [-0.2, 0) is 17.9 Å². The highest BCUT2D eigenvalue weighted by molar-refractivity contribution is 5.23. The number of ether oxygens (including phenoxy) is 1. The molecule has 3 nitrogen and oxygen atoms in total. The zero-order valence-electron chi connectivity index (χ0n) is 11.9. The quantitative estimate of drug-likeness (QED) is 0.894. The highest BCUT2D eigenvalue weighted by Gasteiger charge is 2.41. The van der Waals surface area contributed by atoms with E-state index in [0.29, 0.717) is 12.6 Å². The average Bonchev–Trinajstić information content (AvgIpc) is 2.95. The predicted molar refractivity (Wildman–Crippen MR) is 76.9 cm³/mol. The van der Waals surface area contributed by atoms with Crippen molar-refractivity contribution in [1.29, 1.82) is 0 Å². The minimum Gasteiger partial charge on any atom is -0.380 e. The molecule has 1 N–H and O–H groups in total. The third-order valence-corrected chi connectivity index (χ3v) is 4.74. The van der Waals surface area contributed by atoms with Crippen molar-refractivity contribution in [2.24, 2.45) is 11.8 Å². The molecule has 0 radical (unpaired) electrons. The zero-order chi connectivity index (χ0) is 13.2. The molecule has 0 aliphatic carbocycles. The molecular formula is C16H24N2O. The molecule has 2 aliphatic rings. The molecular weight excluding hydrogens is 236 g/mol. The van der Waals surface area contributed by atoms with Gasteiger partial charge in [-0.15, -0.1) is 0 Å². The van der Waals surface area contributed by atoms with Crippen LogP contribution in [0.1, 0.15) is 18.1 Å². The van der Waals surface area contributed by atoms with Crippen LogP contribution in [-0.4, -0.2) is 37.7 Å². The lowest BCUT2D eigenvalue weighted by Crippen LogP contribution is -2.32. The summed E-state index contributed by atoms with van der Waals surface area (Å²) in [5.74, 6) is 1.71. The van der Waals surface area contributed by atoms with E-state index in [4.69, 9.17) is 4.74 Å². The highest BCUT2D eigenvalue weighted by atomic mass is 16.5. The second-order valence-corrected chi connectivity index (χ2v) is 6.01. The van der Waals surface area contributed by atoms with E-state index in [1.54, 1.807) is 7.11 Å². The van der Waals surface area contributed by atoms with Gasteiger partial charge in [0.05, 0.1) is 6.61 Å². The van der Waals surface area contributed by atoms with E-state index in [1.807, 2.05) is 0 Å². The number of likely N-dealkylation sites (tertiary alicyclic amines) is 1. The number of nitrogens with zero attached hydrogens (tertiary/aromatic N) is 1. The number of hydrogen-bond acceptors (Lipinski definition) is 3. The Morgan fingerprint density at radius 1 is 1.32 bits per heavy atom. The summed E-state index contributed by atoms with van der Waals surface area (Å²) in [6.07, 6.45) is 0. The Hall–Kier alpha value is -0.900. The van der Waals surface area contributed by atoms with Gasteiger partial charge in [0.25, 0.3) is 0 Å². The van der Waals surface area contributed by atoms with Crippen LogP contribution in [0.5, 0.6) is 0 Å². The van der Waals surface area contributed by atoms with Gasteiger partial charge in [0.2, 0.25) is 0 Å². The van der Waals surface area contributed by atoms with Gasteiger partial charge in [-0.25, -0.2) is 0 Å². The minimum atomic E-state index is 0.700. The molecule has 0 amide bonds. The van der Waals surface area contributed by atoms with Crippen LogP contribution < -0.4 is 5.32 Å². The maximum atomic E-state index is 5.21. The Morgan fingerprint density at radius 2 is 2.16 bits per heavy atom. The van der Waals surface area contributed by atoms with Gasteiger partial charge in [-0.2, -0.15) is 0 Å². The van der Waals surface area contributed by atoms with E-state index in [9.17, 15) is 0 Å². The summed E-state index contributed by atoms with van der Waals surface area (Å²) in [6, 6.07) is 9.50. The first-order chi connectivity index (χ1) is 9.28. The molecule has 2 saturated heterocycles. The van der Waals surface area contributed by atoms with Gasteiger partial charge in [-0.1, -0.05) is 24.3 Å². The zero-order valence-corrected chi connectivity index (χ0v) is 11.9. The van der Waals surface area contributed by atoms with Crippen molar-refractivity contribution in [2.75, 3.05) is 26.7 Å². The van der Waals surface area contributed by atoms with Gasteiger partial charge >= 0.3 is 0 Å². The fraction of sp³-hybridized carbons (Fsp3) is 0.625. The molecule has 3 unspecified atom stereocenters. The monoisotopic (exact) mass is 260 g/mol. The van der Waals surface area contributed by atoms with Crippen molar-refractivity contribution in [3.63, 3.8) is 0 Å². The van der Waals surface area contributed by atoms with Crippen molar-refractivity contribution in [2.45, 2.75) is 26.1 Å². The maximum absolute atomic E-state index is 5.21. The van der Waals surface area contributed by atoms with Crippen molar-refractivity contribution in [3.8, 4) is 0 Å². The topological polar surface area (TPSA) is 24.5 Å². The first kappa shape index (κ1) is 13.1. The fourth-order valence-electron chi connectivity index (χ4n) is 3.68. The summed E-state index contributed by atoms with van der Waals surface area (Å²) in [5.41, 5.74) is 2.68. The van der Waals surface area contributed by atoms with Crippen LogP contribution in [0.3, 0.4) is 0 Å². The highest BCUT2D eigenvalue weighted by Crippen LogP contribution is 2.33. The Morgan fingerprint density at radius 3 is 2.95 bits per heavy atom. The first-order valence-electron chi connectivity index (χ1n) is 7.29. The van der Waals surface area contributed by atoms with Crippen molar-refractivity contribution < 1.29 is 4.74 Å². The van der Waals surface area contributed by atoms with Crippen LogP contribution in [0.25, 0.3) is 0 Å². The molecule has 0 saturated carbocycles. The van der Waals surface area contributed by atoms with Crippen LogP contribution in [0.15, 0.2) is 24.3 Å². The molecule has 3 heteroatoms. The predicted octanol–water partition coefficient (Wildman–Crippen LogP) is 1.87. The molecule has 1 aromatic rings. The summed E-state index contributed by atoms with van der Waals surface area (Å²) in [4.78, 5) is 2.64. The SMILES string of the molecule is COCc1cccc(CN2CC3CNCC3C2C)c1. The largest absolute Gasteiger partial charge is 0.380 e. The summed E-state index contributed by atoms with van der Waals surface area (Å²) in [5, 5.41) is 3.52. The molecule has 104 valence electrons. The van der Waals surface area contributed by atoms with Crippen molar-refractivity contribution >= 4 is 0 Å². The van der Waals surface area contributed by atoms with Gasteiger partial charge in [0.1, 0.15) is 0 Å². The Labute approximate surface area is 115 Å². The molecule has 2 aliphatic heterocycles. The minimum absolute atomic E-state index is 0.700. The number of methoxy groups -OCH3 is 1. The van der Waals surface area contributed by atoms with Gasteiger partial charge < -0.3 is 10.1 Å². The van der Waals surface area contributed by atoms with Crippen molar-refractivity contribution in [3.05, 3.63) is 35.4 Å². The first-order valence-corrected chi connectivity index (χ1v) is 7.29. The molecule has 3 atom stereocenters. The average molecular weight is 260 g/mol. The van der Waals surface area contributed by atoms with Crippen LogP contribution in [0.2, 0.25) is 0 Å². The van der Waals surface area contributed by atoms with E-state index >= 15 is 0 Å². The van der Waals surface area contributed by atoms with Gasteiger partial charge in [-0.05, 0) is 43.0 Å². The second-order valence-electron chi connectivity index (χ2n) is 6.01. The Kier molecular flexibility index (Phi) is 3.87. The van der Waals surface area contributed by atoms with E-state index in [2.05, 4.69) is 41.4 Å². The van der Waals surface area contributed by atoms with Crippen LogP contribution in [0.4, 0.5) is 0 Å². The lowest BCUT2D eigenvalue weighted by atomic mass is 9.95. The number of hydrogen-bond donors (Lipinski definition) is 1.